The minimum Gasteiger partial charge on any atom is -0.356 e. The van der Waals surface area contributed by atoms with Gasteiger partial charge >= 0.3 is 6.03 Å². The quantitative estimate of drug-likeness (QED) is 0.0809. The van der Waals surface area contributed by atoms with E-state index in [0.717, 1.165) is 24.9 Å². The van der Waals surface area contributed by atoms with Gasteiger partial charge in [0, 0.05) is 42.5 Å². The molecule has 0 radical (unpaired) electrons. The topological polar surface area (TPSA) is 60.5 Å². The fourth-order valence-electron chi connectivity index (χ4n) is 5.95. The van der Waals surface area contributed by atoms with Crippen LogP contribution in [0, 0.1) is 0 Å². The first-order valence-electron chi connectivity index (χ1n) is 17.5. The average molecular weight is 671 g/mol. The Kier molecular flexibility index (Phi) is 16.0. The highest BCUT2D eigenvalue weighted by Crippen LogP contribution is 2.31. The number of benzene rings is 2. The highest BCUT2D eigenvalue weighted by molar-refractivity contribution is 6.76. The van der Waals surface area contributed by atoms with Crippen LogP contribution in [0.4, 0.5) is 4.79 Å². The summed E-state index contributed by atoms with van der Waals surface area (Å²) < 4.78 is 25.9. The second-order valence-electron chi connectivity index (χ2n) is 15.1. The van der Waals surface area contributed by atoms with Crippen molar-refractivity contribution in [2.75, 3.05) is 39.9 Å². The van der Waals surface area contributed by atoms with Crippen LogP contribution in [0.1, 0.15) is 37.8 Å². The molecular formula is C37H62N2O5Si2. The SMILES string of the molecule is CCCN1C(=O)N(CCC)[C@H](Cc2ccccc2)[C@H](OCOCC[Si](C)(C)C)[C@@H](OCOCC[Si](C)(C)C)[C@H]1Cc1ccccc1. The van der Waals surface area contributed by atoms with Crippen molar-refractivity contribution in [3.63, 3.8) is 0 Å². The molecule has 9 heteroatoms. The Morgan fingerprint density at radius 2 is 0.978 bits per heavy atom. The molecule has 7 nitrogen and oxygen atoms in total. The van der Waals surface area contributed by atoms with Crippen LogP contribution in [-0.2, 0) is 31.8 Å². The summed E-state index contributed by atoms with van der Waals surface area (Å²) in [6.07, 6.45) is 2.20. The first-order valence-corrected chi connectivity index (χ1v) is 24.9. The molecule has 1 aliphatic heterocycles. The molecule has 258 valence electrons. The van der Waals surface area contributed by atoms with E-state index in [1.54, 1.807) is 0 Å². The van der Waals surface area contributed by atoms with Gasteiger partial charge in [0.25, 0.3) is 0 Å². The lowest BCUT2D eigenvalue weighted by Gasteiger charge is -2.38. The lowest BCUT2D eigenvalue weighted by Crippen LogP contribution is -2.53. The summed E-state index contributed by atoms with van der Waals surface area (Å²) in [7, 11) is -2.51. The molecule has 0 N–H and O–H groups in total. The van der Waals surface area contributed by atoms with E-state index in [2.05, 4.69) is 111 Å². The molecule has 0 bridgehead atoms. The number of hydrogen-bond acceptors (Lipinski definition) is 5. The average Bonchev–Trinajstić information content (AvgIpc) is 3.07. The summed E-state index contributed by atoms with van der Waals surface area (Å²) in [6.45, 7) is 21.4. The molecule has 2 aromatic carbocycles. The molecule has 1 fully saturated rings. The van der Waals surface area contributed by atoms with Gasteiger partial charge in [0.05, 0.1) is 12.1 Å². The largest absolute Gasteiger partial charge is 0.356 e. The van der Waals surface area contributed by atoms with E-state index in [4.69, 9.17) is 18.9 Å². The van der Waals surface area contributed by atoms with Crippen LogP contribution in [0.15, 0.2) is 60.7 Å². The third kappa shape index (κ3) is 12.9. The Morgan fingerprint density at radius 1 is 0.609 bits per heavy atom. The molecule has 1 aliphatic rings. The Balaban J connectivity index is 2.06. The van der Waals surface area contributed by atoms with E-state index >= 15 is 0 Å². The van der Waals surface area contributed by atoms with Crippen molar-refractivity contribution >= 4 is 22.2 Å². The molecular weight excluding hydrogens is 609 g/mol. The summed E-state index contributed by atoms with van der Waals surface area (Å²) in [5.74, 6) is 0. The monoisotopic (exact) mass is 670 g/mol. The van der Waals surface area contributed by atoms with Gasteiger partial charge in [-0.15, -0.1) is 0 Å². The second-order valence-corrected chi connectivity index (χ2v) is 26.4. The number of hydrogen-bond donors (Lipinski definition) is 0. The van der Waals surface area contributed by atoms with Gasteiger partial charge in [0.2, 0.25) is 0 Å². The number of amides is 2. The minimum atomic E-state index is -1.25. The molecule has 2 amide bonds. The minimum absolute atomic E-state index is 0.0598. The molecule has 0 aromatic heterocycles. The van der Waals surface area contributed by atoms with Crippen LogP contribution in [0.2, 0.25) is 51.4 Å². The van der Waals surface area contributed by atoms with E-state index in [0.29, 0.717) is 39.1 Å². The van der Waals surface area contributed by atoms with Crippen molar-refractivity contribution in [1.29, 1.82) is 0 Å². The maximum Gasteiger partial charge on any atom is 0.320 e. The van der Waals surface area contributed by atoms with E-state index in [1.807, 2.05) is 12.1 Å². The van der Waals surface area contributed by atoms with Crippen LogP contribution < -0.4 is 0 Å². The summed E-state index contributed by atoms with van der Waals surface area (Å²) in [4.78, 5) is 18.8. The maximum absolute atomic E-state index is 14.7. The summed E-state index contributed by atoms with van der Waals surface area (Å²) in [5, 5.41) is 0. The molecule has 2 aromatic rings. The number of nitrogens with zero attached hydrogens (tertiary/aromatic N) is 2. The fourth-order valence-corrected chi connectivity index (χ4v) is 7.46. The third-order valence-corrected chi connectivity index (χ3v) is 12.0. The number of urea groups is 1. The molecule has 4 atom stereocenters. The molecule has 1 heterocycles. The zero-order chi connectivity index (χ0) is 33.6. The normalized spacial score (nSPS) is 21.1. The molecule has 0 aliphatic carbocycles. The Hall–Kier alpha value is -2.02. The van der Waals surface area contributed by atoms with Crippen LogP contribution in [0.5, 0.6) is 0 Å². The smallest absolute Gasteiger partial charge is 0.320 e. The molecule has 3 rings (SSSR count). The van der Waals surface area contributed by atoms with Gasteiger partial charge in [-0.2, -0.15) is 0 Å². The lowest BCUT2D eigenvalue weighted by molar-refractivity contribution is -0.187. The van der Waals surface area contributed by atoms with Crippen LogP contribution >= 0.6 is 0 Å². The van der Waals surface area contributed by atoms with Crippen molar-refractivity contribution in [2.45, 2.75) is 115 Å². The number of ether oxygens (including phenoxy) is 4. The Bertz CT molecular complexity index is 1040. The zero-order valence-electron chi connectivity index (χ0n) is 30.0. The second kappa shape index (κ2) is 19.1. The number of carbonyl (C=O) groups excluding carboxylic acids is 1. The zero-order valence-corrected chi connectivity index (χ0v) is 32.0. The van der Waals surface area contributed by atoms with Gasteiger partial charge < -0.3 is 28.7 Å². The summed E-state index contributed by atoms with van der Waals surface area (Å²) in [5.41, 5.74) is 2.34. The predicted molar refractivity (Wildman–Crippen MR) is 195 cm³/mol. The molecule has 1 saturated heterocycles. The summed E-state index contributed by atoms with van der Waals surface area (Å²) in [6, 6.07) is 22.6. The van der Waals surface area contributed by atoms with Crippen molar-refractivity contribution < 1.29 is 23.7 Å². The molecule has 46 heavy (non-hydrogen) atoms. The van der Waals surface area contributed by atoms with Gasteiger partial charge in [-0.1, -0.05) is 114 Å². The van der Waals surface area contributed by atoms with Crippen LogP contribution in [0.25, 0.3) is 0 Å². The first-order chi connectivity index (χ1) is 21.9. The molecule has 0 spiro atoms. The standard InChI is InChI=1S/C37H62N2O5Si2/c1-9-21-38-33(27-31-17-13-11-14-18-31)35(43-29-41-23-25-45(3,4)5)36(44-30-42-24-26-46(6,7)8)34(39(22-10-2)37(38)40)28-32-19-15-12-16-20-32/h11-20,33-36H,9-10,21-30H2,1-8H3/t33-,34-,35+,36+/m1/s1. The van der Waals surface area contributed by atoms with Crippen molar-refractivity contribution in [1.82, 2.24) is 9.80 Å². The van der Waals surface area contributed by atoms with Crippen molar-refractivity contribution in [3.8, 4) is 0 Å². The van der Waals surface area contributed by atoms with Gasteiger partial charge in [-0.05, 0) is 48.9 Å². The highest BCUT2D eigenvalue weighted by atomic mass is 28.3. The lowest BCUT2D eigenvalue weighted by atomic mass is 9.90. The third-order valence-electron chi connectivity index (χ3n) is 8.56. The number of carbonyl (C=O) groups is 1. The van der Waals surface area contributed by atoms with Gasteiger partial charge in [0.1, 0.15) is 25.8 Å². The van der Waals surface area contributed by atoms with E-state index in [9.17, 15) is 4.79 Å². The van der Waals surface area contributed by atoms with E-state index in [-0.39, 0.29) is 31.7 Å². The Morgan fingerprint density at radius 3 is 1.30 bits per heavy atom. The Labute approximate surface area is 282 Å². The summed E-state index contributed by atoms with van der Waals surface area (Å²) >= 11 is 0. The first kappa shape index (κ1) is 38.4. The highest BCUT2D eigenvalue weighted by Gasteiger charge is 2.48. The van der Waals surface area contributed by atoms with Crippen LogP contribution in [-0.4, -0.2) is 96.2 Å². The van der Waals surface area contributed by atoms with Gasteiger partial charge in [0.15, 0.2) is 0 Å². The van der Waals surface area contributed by atoms with Gasteiger partial charge in [-0.25, -0.2) is 4.79 Å². The van der Waals surface area contributed by atoms with Crippen molar-refractivity contribution in [2.24, 2.45) is 0 Å². The number of rotatable bonds is 20. The fraction of sp³-hybridized carbons (Fsp3) is 0.649. The molecule has 0 saturated carbocycles. The van der Waals surface area contributed by atoms with E-state index < -0.39 is 28.4 Å². The predicted octanol–water partition coefficient (Wildman–Crippen LogP) is 8.16. The van der Waals surface area contributed by atoms with E-state index in [1.165, 1.54) is 11.1 Å². The van der Waals surface area contributed by atoms with Crippen LogP contribution in [0.3, 0.4) is 0 Å². The van der Waals surface area contributed by atoms with Gasteiger partial charge in [-0.3, -0.25) is 0 Å². The maximum atomic E-state index is 14.7. The van der Waals surface area contributed by atoms with Crippen molar-refractivity contribution in [3.05, 3.63) is 71.8 Å². The molecule has 0 unspecified atom stereocenters.